The maximum absolute atomic E-state index is 11.9. The summed E-state index contributed by atoms with van der Waals surface area (Å²) in [6, 6.07) is 1.61. The monoisotopic (exact) mass is 248 g/mol. The van der Waals surface area contributed by atoms with E-state index in [1.807, 2.05) is 13.8 Å². The summed E-state index contributed by atoms with van der Waals surface area (Å²) >= 11 is 0. The van der Waals surface area contributed by atoms with Crippen molar-refractivity contribution in [1.82, 2.24) is 20.3 Å². The Morgan fingerprint density at radius 1 is 1.44 bits per heavy atom. The van der Waals surface area contributed by atoms with Gasteiger partial charge in [-0.3, -0.25) is 4.79 Å². The molecule has 1 N–H and O–H groups in total. The van der Waals surface area contributed by atoms with Crippen LogP contribution in [0.3, 0.4) is 0 Å². The Kier molecular flexibility index (Phi) is 3.76. The van der Waals surface area contributed by atoms with E-state index in [0.29, 0.717) is 12.1 Å². The second-order valence-corrected chi connectivity index (χ2v) is 4.42. The zero-order valence-corrected chi connectivity index (χ0v) is 10.4. The molecule has 0 saturated carbocycles. The molecule has 0 bridgehead atoms. The molecule has 0 spiro atoms. The molecule has 6 heteroatoms. The van der Waals surface area contributed by atoms with E-state index in [1.165, 1.54) is 12.5 Å². The number of amides is 1. The third-order valence-corrected chi connectivity index (χ3v) is 2.73. The van der Waals surface area contributed by atoms with Crippen molar-refractivity contribution in [2.24, 2.45) is 5.92 Å². The lowest BCUT2D eigenvalue weighted by Crippen LogP contribution is -2.41. The molecule has 96 valence electrons. The van der Waals surface area contributed by atoms with Crippen LogP contribution in [0, 0.1) is 5.92 Å². The highest BCUT2D eigenvalue weighted by Gasteiger charge is 2.18. The number of furan rings is 1. The maximum atomic E-state index is 11.9. The van der Waals surface area contributed by atoms with E-state index in [2.05, 4.69) is 15.5 Å². The molecule has 0 radical (unpaired) electrons. The Hall–Kier alpha value is -2.11. The average Bonchev–Trinajstić information content (AvgIpc) is 3.00. The van der Waals surface area contributed by atoms with Crippen LogP contribution in [-0.2, 0) is 6.54 Å². The van der Waals surface area contributed by atoms with E-state index in [9.17, 15) is 4.79 Å². The van der Waals surface area contributed by atoms with E-state index in [-0.39, 0.29) is 17.9 Å². The number of nitrogens with one attached hydrogen (secondary N) is 1. The van der Waals surface area contributed by atoms with Crippen LogP contribution in [-0.4, -0.2) is 26.9 Å². The van der Waals surface area contributed by atoms with Gasteiger partial charge in [0.15, 0.2) is 0 Å². The molecule has 2 heterocycles. The first kappa shape index (κ1) is 12.3. The van der Waals surface area contributed by atoms with Crippen molar-refractivity contribution in [2.45, 2.75) is 26.4 Å². The van der Waals surface area contributed by atoms with Gasteiger partial charge in [0.1, 0.15) is 6.26 Å². The van der Waals surface area contributed by atoms with Gasteiger partial charge in [0.25, 0.3) is 5.91 Å². The molecule has 1 unspecified atom stereocenters. The van der Waals surface area contributed by atoms with Crippen LogP contribution in [0.4, 0.5) is 0 Å². The first-order valence-corrected chi connectivity index (χ1v) is 5.84. The average molecular weight is 248 g/mol. The summed E-state index contributed by atoms with van der Waals surface area (Å²) in [6.45, 7) is 4.64. The lowest BCUT2D eigenvalue weighted by atomic mass is 10.0. The Morgan fingerprint density at radius 3 is 2.72 bits per heavy atom. The van der Waals surface area contributed by atoms with E-state index < -0.39 is 0 Å². The molecule has 0 aliphatic heterocycles. The smallest absolute Gasteiger partial charge is 0.254 e. The normalized spacial score (nSPS) is 12.6. The summed E-state index contributed by atoms with van der Waals surface area (Å²) in [5.74, 6) is 0.140. The fraction of sp³-hybridized carbons (Fsp3) is 0.417. The Labute approximate surface area is 105 Å². The van der Waals surface area contributed by atoms with Gasteiger partial charge in [-0.1, -0.05) is 13.8 Å². The molecule has 0 saturated heterocycles. The zero-order valence-electron chi connectivity index (χ0n) is 10.4. The highest BCUT2D eigenvalue weighted by Crippen LogP contribution is 2.06. The maximum Gasteiger partial charge on any atom is 0.254 e. The summed E-state index contributed by atoms with van der Waals surface area (Å²) in [5.41, 5.74) is 0.522. The summed E-state index contributed by atoms with van der Waals surface area (Å²) in [7, 11) is 0. The number of carbonyl (C=O) groups is 1. The first-order chi connectivity index (χ1) is 8.66. The van der Waals surface area contributed by atoms with Crippen LogP contribution in [0.25, 0.3) is 0 Å². The van der Waals surface area contributed by atoms with Crippen LogP contribution in [0.2, 0.25) is 0 Å². The van der Waals surface area contributed by atoms with E-state index in [0.717, 1.165) is 0 Å². The lowest BCUT2D eigenvalue weighted by Gasteiger charge is -2.21. The number of rotatable bonds is 5. The molecule has 0 aromatic carbocycles. The second kappa shape index (κ2) is 5.48. The van der Waals surface area contributed by atoms with Crippen LogP contribution in [0.1, 0.15) is 24.2 Å². The van der Waals surface area contributed by atoms with E-state index in [4.69, 9.17) is 4.42 Å². The third kappa shape index (κ3) is 2.97. The molecular formula is C12H16N4O2. The second-order valence-electron chi connectivity index (χ2n) is 4.42. The van der Waals surface area contributed by atoms with Crippen molar-refractivity contribution in [1.29, 1.82) is 0 Å². The Bertz CT molecular complexity index is 476. The largest absolute Gasteiger partial charge is 0.472 e. The van der Waals surface area contributed by atoms with Crippen molar-refractivity contribution in [2.75, 3.05) is 0 Å². The van der Waals surface area contributed by atoms with Crippen molar-refractivity contribution in [3.05, 3.63) is 36.5 Å². The van der Waals surface area contributed by atoms with Crippen molar-refractivity contribution in [3.8, 4) is 0 Å². The Morgan fingerprint density at radius 2 is 2.17 bits per heavy atom. The quantitative estimate of drug-likeness (QED) is 0.866. The number of hydrogen-bond acceptors (Lipinski definition) is 4. The predicted molar refractivity (Wildman–Crippen MR) is 64.8 cm³/mol. The molecule has 0 aliphatic carbocycles. The van der Waals surface area contributed by atoms with E-state index in [1.54, 1.807) is 23.3 Å². The van der Waals surface area contributed by atoms with Crippen LogP contribution < -0.4 is 5.32 Å². The fourth-order valence-corrected chi connectivity index (χ4v) is 1.58. The SMILES string of the molecule is CC(C)C(Cn1nccn1)NC(=O)c1ccoc1. The molecular weight excluding hydrogens is 232 g/mol. The van der Waals surface area contributed by atoms with Crippen LogP contribution in [0.5, 0.6) is 0 Å². The van der Waals surface area contributed by atoms with Gasteiger partial charge >= 0.3 is 0 Å². The summed E-state index contributed by atoms with van der Waals surface area (Å²) in [4.78, 5) is 13.5. The van der Waals surface area contributed by atoms with Gasteiger partial charge in [-0.05, 0) is 12.0 Å². The molecule has 0 aliphatic rings. The van der Waals surface area contributed by atoms with Crippen molar-refractivity contribution in [3.63, 3.8) is 0 Å². The van der Waals surface area contributed by atoms with Gasteiger partial charge in [0, 0.05) is 0 Å². The van der Waals surface area contributed by atoms with Gasteiger partial charge in [-0.15, -0.1) is 0 Å². The van der Waals surface area contributed by atoms with Gasteiger partial charge in [-0.2, -0.15) is 15.0 Å². The summed E-state index contributed by atoms with van der Waals surface area (Å²) < 4.78 is 4.89. The molecule has 0 fully saturated rings. The van der Waals surface area contributed by atoms with E-state index >= 15 is 0 Å². The van der Waals surface area contributed by atoms with Crippen LogP contribution >= 0.6 is 0 Å². The summed E-state index contributed by atoms with van der Waals surface area (Å²) in [5, 5.41) is 11.0. The van der Waals surface area contributed by atoms with Crippen molar-refractivity contribution >= 4 is 5.91 Å². The highest BCUT2D eigenvalue weighted by atomic mass is 16.3. The minimum atomic E-state index is -0.144. The molecule has 2 aromatic rings. The summed E-state index contributed by atoms with van der Waals surface area (Å²) in [6.07, 6.45) is 6.15. The Balaban J connectivity index is 2.00. The molecule has 1 atom stereocenters. The standard InChI is InChI=1S/C12H16N4O2/c1-9(2)11(7-16-13-4-5-14-16)15-12(17)10-3-6-18-8-10/h3-6,8-9,11H,7H2,1-2H3,(H,15,17). The third-order valence-electron chi connectivity index (χ3n) is 2.73. The minimum absolute atomic E-state index is 0.0280. The highest BCUT2D eigenvalue weighted by molar-refractivity contribution is 5.93. The number of aromatic nitrogens is 3. The van der Waals surface area contributed by atoms with Gasteiger partial charge in [0.2, 0.25) is 0 Å². The van der Waals surface area contributed by atoms with Crippen molar-refractivity contribution < 1.29 is 9.21 Å². The topological polar surface area (TPSA) is 73.0 Å². The van der Waals surface area contributed by atoms with Crippen LogP contribution in [0.15, 0.2) is 35.4 Å². The number of carbonyl (C=O) groups excluding carboxylic acids is 1. The zero-order chi connectivity index (χ0) is 13.0. The van der Waals surface area contributed by atoms with Gasteiger partial charge < -0.3 is 9.73 Å². The predicted octanol–water partition coefficient (Wildman–Crippen LogP) is 1.33. The fourth-order valence-electron chi connectivity index (χ4n) is 1.58. The molecule has 2 rings (SSSR count). The van der Waals surface area contributed by atoms with Gasteiger partial charge in [0.05, 0.1) is 36.8 Å². The minimum Gasteiger partial charge on any atom is -0.472 e. The lowest BCUT2D eigenvalue weighted by molar-refractivity contribution is 0.0917. The molecule has 18 heavy (non-hydrogen) atoms. The first-order valence-electron chi connectivity index (χ1n) is 5.84. The number of hydrogen-bond donors (Lipinski definition) is 1. The molecule has 2 aromatic heterocycles. The van der Waals surface area contributed by atoms with Gasteiger partial charge in [-0.25, -0.2) is 0 Å². The number of nitrogens with zero attached hydrogens (tertiary/aromatic N) is 3. The molecule has 6 nitrogen and oxygen atoms in total. The molecule has 1 amide bonds.